The third kappa shape index (κ3) is 1.38. The maximum absolute atomic E-state index is 8.13. The number of rotatable bonds is 0. The largest absolute Gasteiger partial charge is 0.487 e. The Labute approximate surface area is 93.6 Å². The number of fused-ring (bicyclic) bond motifs is 2. The highest BCUT2D eigenvalue weighted by Gasteiger charge is 2.40. The second-order valence-corrected chi connectivity index (χ2v) is 4.57. The average Bonchev–Trinajstić information content (AvgIpc) is 2.33. The van der Waals surface area contributed by atoms with Gasteiger partial charge in [-0.15, -0.1) is 0 Å². The molecule has 1 nitrogen and oxygen atoms in total. The molecular formula is C14H16O. The van der Waals surface area contributed by atoms with Crippen LogP contribution in [-0.4, -0.2) is 5.60 Å². The molecule has 2 aliphatic rings. The molecule has 15 heavy (non-hydrogen) atoms. The van der Waals surface area contributed by atoms with Crippen LogP contribution >= 0.6 is 0 Å². The Morgan fingerprint density at radius 1 is 1.53 bits per heavy atom. The van der Waals surface area contributed by atoms with Gasteiger partial charge >= 0.3 is 0 Å². The van der Waals surface area contributed by atoms with Crippen LogP contribution < -0.4 is 4.74 Å². The molecule has 0 fully saturated rings. The highest BCUT2D eigenvalue weighted by molar-refractivity contribution is 5.37. The summed E-state index contributed by atoms with van der Waals surface area (Å²) in [5.41, 5.74) is 0.854. The summed E-state index contributed by atoms with van der Waals surface area (Å²) in [4.78, 5) is 0. The number of para-hydroxylation sites is 1. The fraction of sp³-hybridized carbons (Fsp3) is 0.429. The number of ether oxygens (including phenoxy) is 1. The molecule has 0 radical (unpaired) electrons. The summed E-state index contributed by atoms with van der Waals surface area (Å²) in [6.45, 7) is 2.07. The zero-order chi connectivity index (χ0) is 12.0. The molecule has 0 N–H and O–H groups in total. The number of hydrogen-bond acceptors (Lipinski definition) is 1. The molecular weight excluding hydrogens is 184 g/mol. The van der Waals surface area contributed by atoms with E-state index in [1.807, 2.05) is 24.3 Å². The highest BCUT2D eigenvalue weighted by atomic mass is 16.5. The van der Waals surface area contributed by atoms with E-state index in [9.17, 15) is 0 Å². The van der Waals surface area contributed by atoms with Crippen LogP contribution in [0.1, 0.15) is 28.0 Å². The van der Waals surface area contributed by atoms with Gasteiger partial charge in [0.05, 0.1) is 1.37 Å². The smallest absolute Gasteiger partial charge is 0.123 e. The zero-order valence-corrected chi connectivity index (χ0v) is 8.86. The lowest BCUT2D eigenvalue weighted by molar-refractivity contribution is 0.00840. The molecule has 0 aromatic heterocycles. The Morgan fingerprint density at radius 2 is 2.40 bits per heavy atom. The van der Waals surface area contributed by atoms with Gasteiger partial charge in [0.1, 0.15) is 11.4 Å². The van der Waals surface area contributed by atoms with Crippen molar-refractivity contribution in [3.8, 4) is 5.75 Å². The first-order valence-corrected chi connectivity index (χ1v) is 5.46. The minimum absolute atomic E-state index is 0.0925. The maximum Gasteiger partial charge on any atom is 0.123 e. The Kier molecular flexibility index (Phi) is 1.48. The van der Waals surface area contributed by atoms with E-state index >= 15 is 0 Å². The average molecular weight is 202 g/mol. The van der Waals surface area contributed by atoms with E-state index in [4.69, 9.17) is 7.48 Å². The topological polar surface area (TPSA) is 9.23 Å². The number of benzene rings is 1. The van der Waals surface area contributed by atoms with Gasteiger partial charge in [0.15, 0.2) is 0 Å². The summed E-state index contributed by atoms with van der Waals surface area (Å²) in [5.74, 6) is 1.04. The van der Waals surface area contributed by atoms with Crippen LogP contribution in [0.4, 0.5) is 0 Å². The lowest BCUT2D eigenvalue weighted by Gasteiger charge is -2.43. The Morgan fingerprint density at radius 3 is 3.33 bits per heavy atom. The van der Waals surface area contributed by atoms with Crippen LogP contribution in [0.15, 0.2) is 36.4 Å². The molecule has 1 heterocycles. The second-order valence-electron chi connectivity index (χ2n) is 4.57. The first-order chi connectivity index (χ1) is 8.10. The van der Waals surface area contributed by atoms with Crippen molar-refractivity contribution in [3.05, 3.63) is 42.0 Å². The van der Waals surface area contributed by atoms with E-state index in [0.29, 0.717) is 6.05 Å². The first-order valence-electron chi connectivity index (χ1n) is 6.54. The van der Waals surface area contributed by atoms with Crippen molar-refractivity contribution in [2.45, 2.75) is 31.8 Å². The summed E-state index contributed by atoms with van der Waals surface area (Å²) in [7, 11) is 0. The van der Waals surface area contributed by atoms with E-state index < -0.39 is 6.40 Å². The van der Waals surface area contributed by atoms with Gasteiger partial charge in [-0.3, -0.25) is 0 Å². The lowest BCUT2D eigenvalue weighted by Crippen LogP contribution is -2.45. The minimum Gasteiger partial charge on any atom is -0.487 e. The third-order valence-electron chi connectivity index (χ3n) is 3.46. The van der Waals surface area contributed by atoms with Gasteiger partial charge < -0.3 is 4.74 Å². The summed E-state index contributed by atoms with van der Waals surface area (Å²) < 4.78 is 22.0. The molecule has 0 spiro atoms. The van der Waals surface area contributed by atoms with Crippen molar-refractivity contribution in [3.63, 3.8) is 0 Å². The summed E-state index contributed by atoms with van der Waals surface area (Å²) in [6, 6.07) is 8.48. The Bertz CT molecular complexity index is 483. The summed E-state index contributed by atoms with van der Waals surface area (Å²) >= 11 is 0. The molecule has 0 saturated carbocycles. The zero-order valence-electron chi connectivity index (χ0n) is 10.9. The van der Waals surface area contributed by atoms with Crippen molar-refractivity contribution >= 4 is 0 Å². The van der Waals surface area contributed by atoms with E-state index in [0.717, 1.165) is 18.6 Å². The van der Waals surface area contributed by atoms with Crippen LogP contribution in [0.3, 0.4) is 0 Å². The van der Waals surface area contributed by atoms with Gasteiger partial charge in [-0.25, -0.2) is 0 Å². The van der Waals surface area contributed by atoms with Crippen molar-refractivity contribution < 1.29 is 7.48 Å². The van der Waals surface area contributed by atoms with Crippen LogP contribution in [0.5, 0.6) is 5.75 Å². The lowest BCUT2D eigenvalue weighted by atomic mass is 9.75. The molecule has 0 amide bonds. The van der Waals surface area contributed by atoms with Gasteiger partial charge in [-0.2, -0.15) is 0 Å². The molecule has 3 rings (SSSR count). The molecule has 1 aromatic carbocycles. The highest BCUT2D eigenvalue weighted by Crippen LogP contribution is 2.42. The fourth-order valence-electron chi connectivity index (χ4n) is 2.43. The molecule has 1 aromatic rings. The molecule has 0 saturated heterocycles. The summed E-state index contributed by atoms with van der Waals surface area (Å²) in [5, 5.41) is 0. The Hall–Kier alpha value is -1.24. The maximum atomic E-state index is 8.13. The number of hydrogen-bond donors (Lipinski definition) is 0. The van der Waals surface area contributed by atoms with E-state index in [-0.39, 0.29) is 11.5 Å². The van der Waals surface area contributed by atoms with Gasteiger partial charge in [-0.1, -0.05) is 30.3 Å². The van der Waals surface area contributed by atoms with Crippen molar-refractivity contribution in [1.82, 2.24) is 0 Å². The fourth-order valence-corrected chi connectivity index (χ4v) is 2.43. The molecule has 3 atom stereocenters. The minimum atomic E-state index is -0.456. The van der Waals surface area contributed by atoms with Gasteiger partial charge in [0.2, 0.25) is 0 Å². The SMILES string of the molecule is [2H]C1=CC[C@]2(C)Oc3ccccc3CC2C1[2H]. The second kappa shape index (κ2) is 3.13. The van der Waals surface area contributed by atoms with Crippen LogP contribution in [0, 0.1) is 5.92 Å². The molecule has 1 aliphatic heterocycles. The van der Waals surface area contributed by atoms with Crippen LogP contribution in [0.25, 0.3) is 0 Å². The van der Waals surface area contributed by atoms with Gasteiger partial charge in [0.25, 0.3) is 0 Å². The molecule has 1 heteroatoms. The predicted octanol–water partition coefficient (Wildman–Crippen LogP) is 3.35. The summed E-state index contributed by atoms with van der Waals surface area (Å²) in [6.07, 6.45) is 2.96. The molecule has 1 aliphatic carbocycles. The van der Waals surface area contributed by atoms with E-state index in [1.165, 1.54) is 5.56 Å². The molecule has 78 valence electrons. The van der Waals surface area contributed by atoms with Crippen molar-refractivity contribution in [2.24, 2.45) is 5.92 Å². The normalized spacial score (nSPS) is 40.2. The van der Waals surface area contributed by atoms with E-state index in [1.54, 1.807) is 0 Å². The quantitative estimate of drug-likeness (QED) is 0.586. The standard InChI is InChI=1S/C14H16O/c1-14-9-5-4-7-12(14)10-11-6-2-3-8-13(11)15-14/h2-6,8,12H,7,9-10H2,1H3/t12?,14-/m0/s1/i4D,7D/t7?,12?,14-. The molecule has 2 unspecified atom stereocenters. The first kappa shape index (κ1) is 7.10. The van der Waals surface area contributed by atoms with Crippen LogP contribution in [0.2, 0.25) is 0 Å². The predicted molar refractivity (Wildman–Crippen MR) is 61.0 cm³/mol. The third-order valence-corrected chi connectivity index (χ3v) is 3.46. The number of allylic oxidation sites excluding steroid dienone is 1. The van der Waals surface area contributed by atoms with E-state index in [2.05, 4.69) is 13.0 Å². The van der Waals surface area contributed by atoms with Crippen molar-refractivity contribution in [1.29, 1.82) is 0 Å². The molecule has 0 bridgehead atoms. The van der Waals surface area contributed by atoms with Crippen molar-refractivity contribution in [2.75, 3.05) is 0 Å². The Balaban J connectivity index is 2.03. The van der Waals surface area contributed by atoms with Crippen LogP contribution in [-0.2, 0) is 6.42 Å². The van der Waals surface area contributed by atoms with Gasteiger partial charge in [0, 0.05) is 13.7 Å². The van der Waals surface area contributed by atoms with Gasteiger partial charge in [-0.05, 0) is 31.4 Å². The monoisotopic (exact) mass is 202 g/mol.